The third-order valence-electron chi connectivity index (χ3n) is 2.70. The van der Waals surface area contributed by atoms with Crippen molar-refractivity contribution in [2.75, 3.05) is 13.1 Å². The molecule has 0 aromatic heterocycles. The van der Waals surface area contributed by atoms with Gasteiger partial charge in [0, 0.05) is 25.7 Å². The van der Waals surface area contributed by atoms with Gasteiger partial charge in [0.25, 0.3) is 0 Å². The lowest BCUT2D eigenvalue weighted by Crippen LogP contribution is -2.26. The van der Waals surface area contributed by atoms with Crippen LogP contribution in [0.4, 0.5) is 4.39 Å². The van der Waals surface area contributed by atoms with Gasteiger partial charge in [-0.25, -0.2) is 4.39 Å². The largest absolute Gasteiger partial charge is 0.326 e. The van der Waals surface area contributed by atoms with Crippen molar-refractivity contribution in [3.05, 3.63) is 34.1 Å². The summed E-state index contributed by atoms with van der Waals surface area (Å²) in [7, 11) is 0. The molecule has 0 spiro atoms. The zero-order valence-electron chi connectivity index (χ0n) is 8.42. The Kier molecular flexibility index (Phi) is 3.38. The van der Waals surface area contributed by atoms with Crippen LogP contribution >= 0.6 is 15.9 Å². The van der Waals surface area contributed by atoms with Crippen molar-refractivity contribution in [3.8, 4) is 0 Å². The highest BCUT2D eigenvalue weighted by molar-refractivity contribution is 9.10. The molecular formula is C11H14BrFN2. The number of hydrogen-bond donors (Lipinski definition) is 1. The molecule has 2 rings (SSSR count). The van der Waals surface area contributed by atoms with Crippen LogP contribution in [0.2, 0.25) is 0 Å². The van der Waals surface area contributed by atoms with Gasteiger partial charge >= 0.3 is 0 Å². The fraction of sp³-hybridized carbons (Fsp3) is 0.455. The number of rotatable bonds is 2. The summed E-state index contributed by atoms with van der Waals surface area (Å²) in [4.78, 5) is 2.30. The Morgan fingerprint density at radius 1 is 1.53 bits per heavy atom. The summed E-state index contributed by atoms with van der Waals surface area (Å²) < 4.78 is 13.5. The SMILES string of the molecule is NC1CCN(Cc2ccc(F)c(Br)c2)C1. The second kappa shape index (κ2) is 4.60. The highest BCUT2D eigenvalue weighted by Crippen LogP contribution is 2.19. The quantitative estimate of drug-likeness (QED) is 0.894. The van der Waals surface area contributed by atoms with E-state index in [-0.39, 0.29) is 5.82 Å². The van der Waals surface area contributed by atoms with Gasteiger partial charge in [0.05, 0.1) is 4.47 Å². The summed E-state index contributed by atoms with van der Waals surface area (Å²) >= 11 is 3.19. The Bertz CT molecular complexity index is 356. The molecule has 1 aliphatic rings. The van der Waals surface area contributed by atoms with E-state index < -0.39 is 0 Å². The first-order valence-corrected chi connectivity index (χ1v) is 5.86. The van der Waals surface area contributed by atoms with Crippen LogP contribution in [0.25, 0.3) is 0 Å². The summed E-state index contributed by atoms with van der Waals surface area (Å²) in [5.41, 5.74) is 6.94. The topological polar surface area (TPSA) is 29.3 Å². The van der Waals surface area contributed by atoms with Gasteiger partial charge in [0.15, 0.2) is 0 Å². The molecule has 0 aliphatic carbocycles. The average Bonchev–Trinajstić information content (AvgIpc) is 2.58. The first-order valence-electron chi connectivity index (χ1n) is 5.07. The predicted octanol–water partition coefficient (Wildman–Crippen LogP) is 2.12. The first-order chi connectivity index (χ1) is 7.15. The second-order valence-corrected chi connectivity index (χ2v) is 4.89. The molecule has 2 N–H and O–H groups in total. The predicted molar refractivity (Wildman–Crippen MR) is 62.0 cm³/mol. The number of benzene rings is 1. The van der Waals surface area contributed by atoms with Crippen LogP contribution in [0.1, 0.15) is 12.0 Å². The Balaban J connectivity index is 2.02. The maximum atomic E-state index is 13.0. The molecule has 0 saturated carbocycles. The molecule has 1 unspecified atom stereocenters. The monoisotopic (exact) mass is 272 g/mol. The van der Waals surface area contributed by atoms with Crippen molar-refractivity contribution < 1.29 is 4.39 Å². The number of nitrogens with zero attached hydrogens (tertiary/aromatic N) is 1. The normalized spacial score (nSPS) is 22.2. The molecule has 1 fully saturated rings. The van der Waals surface area contributed by atoms with Crippen LogP contribution in [-0.2, 0) is 6.54 Å². The van der Waals surface area contributed by atoms with E-state index in [1.807, 2.05) is 12.1 Å². The van der Waals surface area contributed by atoms with Crippen LogP contribution < -0.4 is 5.73 Å². The summed E-state index contributed by atoms with van der Waals surface area (Å²) in [6.45, 7) is 2.83. The van der Waals surface area contributed by atoms with Crippen molar-refractivity contribution in [1.29, 1.82) is 0 Å². The Morgan fingerprint density at radius 3 is 2.93 bits per heavy atom. The third-order valence-corrected chi connectivity index (χ3v) is 3.31. The van der Waals surface area contributed by atoms with Gasteiger partial charge in [-0.05, 0) is 40.0 Å². The van der Waals surface area contributed by atoms with Crippen LogP contribution in [0, 0.1) is 5.82 Å². The van der Waals surface area contributed by atoms with Crippen molar-refractivity contribution in [1.82, 2.24) is 4.90 Å². The molecule has 1 aromatic carbocycles. The first kappa shape index (κ1) is 11.0. The highest BCUT2D eigenvalue weighted by atomic mass is 79.9. The lowest BCUT2D eigenvalue weighted by molar-refractivity contribution is 0.326. The van der Waals surface area contributed by atoms with Crippen molar-refractivity contribution in [2.45, 2.75) is 19.0 Å². The Morgan fingerprint density at radius 2 is 2.33 bits per heavy atom. The van der Waals surface area contributed by atoms with E-state index in [0.29, 0.717) is 10.5 Å². The Labute approximate surface area is 97.4 Å². The molecule has 1 atom stereocenters. The highest BCUT2D eigenvalue weighted by Gasteiger charge is 2.18. The summed E-state index contributed by atoms with van der Waals surface area (Å²) in [6.07, 6.45) is 1.06. The minimum Gasteiger partial charge on any atom is -0.326 e. The summed E-state index contributed by atoms with van der Waals surface area (Å²) in [6, 6.07) is 5.45. The minimum atomic E-state index is -0.211. The van der Waals surface area contributed by atoms with E-state index in [1.54, 1.807) is 0 Å². The zero-order valence-corrected chi connectivity index (χ0v) is 10.0. The van der Waals surface area contributed by atoms with Gasteiger partial charge in [0.2, 0.25) is 0 Å². The van der Waals surface area contributed by atoms with E-state index in [4.69, 9.17) is 5.73 Å². The molecule has 82 valence electrons. The molecule has 4 heteroatoms. The lowest BCUT2D eigenvalue weighted by atomic mass is 10.2. The van der Waals surface area contributed by atoms with E-state index in [0.717, 1.165) is 31.6 Å². The fourth-order valence-electron chi connectivity index (χ4n) is 1.90. The standard InChI is InChI=1S/C11H14BrFN2/c12-10-5-8(1-2-11(10)13)6-15-4-3-9(14)7-15/h1-2,5,9H,3-4,6-7,14H2. The number of hydrogen-bond acceptors (Lipinski definition) is 2. The van der Waals surface area contributed by atoms with E-state index in [1.165, 1.54) is 6.07 Å². The molecule has 15 heavy (non-hydrogen) atoms. The maximum Gasteiger partial charge on any atom is 0.137 e. The molecule has 1 heterocycles. The number of nitrogens with two attached hydrogens (primary N) is 1. The van der Waals surface area contributed by atoms with Gasteiger partial charge < -0.3 is 5.73 Å². The fourth-order valence-corrected chi connectivity index (χ4v) is 2.33. The summed E-state index contributed by atoms with van der Waals surface area (Å²) in [5.74, 6) is -0.211. The Hall–Kier alpha value is -0.450. The third kappa shape index (κ3) is 2.77. The number of likely N-dealkylation sites (tertiary alicyclic amines) is 1. The maximum absolute atomic E-state index is 13.0. The van der Waals surface area contributed by atoms with E-state index in [2.05, 4.69) is 20.8 Å². The molecule has 1 aromatic rings. The van der Waals surface area contributed by atoms with Crippen molar-refractivity contribution >= 4 is 15.9 Å². The zero-order chi connectivity index (χ0) is 10.8. The van der Waals surface area contributed by atoms with Crippen LogP contribution in [0.3, 0.4) is 0 Å². The van der Waals surface area contributed by atoms with Gasteiger partial charge in [0.1, 0.15) is 5.82 Å². The average molecular weight is 273 g/mol. The second-order valence-electron chi connectivity index (χ2n) is 4.03. The van der Waals surface area contributed by atoms with Gasteiger partial charge in [-0.15, -0.1) is 0 Å². The van der Waals surface area contributed by atoms with Crippen LogP contribution in [0.5, 0.6) is 0 Å². The van der Waals surface area contributed by atoms with Gasteiger partial charge in [-0.1, -0.05) is 6.07 Å². The van der Waals surface area contributed by atoms with Crippen molar-refractivity contribution in [2.24, 2.45) is 5.73 Å². The molecule has 0 radical (unpaired) electrons. The van der Waals surface area contributed by atoms with E-state index >= 15 is 0 Å². The lowest BCUT2D eigenvalue weighted by Gasteiger charge is -2.15. The minimum absolute atomic E-state index is 0.211. The smallest absolute Gasteiger partial charge is 0.137 e. The molecule has 1 saturated heterocycles. The van der Waals surface area contributed by atoms with Crippen LogP contribution in [-0.4, -0.2) is 24.0 Å². The number of halogens is 2. The van der Waals surface area contributed by atoms with Crippen molar-refractivity contribution in [3.63, 3.8) is 0 Å². The molecule has 1 aliphatic heterocycles. The van der Waals surface area contributed by atoms with Gasteiger partial charge in [-0.3, -0.25) is 4.90 Å². The van der Waals surface area contributed by atoms with E-state index in [9.17, 15) is 4.39 Å². The molecule has 0 bridgehead atoms. The molecule has 2 nitrogen and oxygen atoms in total. The molecular weight excluding hydrogens is 259 g/mol. The van der Waals surface area contributed by atoms with Crippen LogP contribution in [0.15, 0.2) is 22.7 Å². The van der Waals surface area contributed by atoms with Gasteiger partial charge in [-0.2, -0.15) is 0 Å². The summed E-state index contributed by atoms with van der Waals surface area (Å²) in [5, 5.41) is 0. The molecule has 0 amide bonds.